The first-order valence-corrected chi connectivity index (χ1v) is 10.5. The van der Waals surface area contributed by atoms with Gasteiger partial charge in [0.05, 0.1) is 18.6 Å². The van der Waals surface area contributed by atoms with Crippen LogP contribution in [-0.4, -0.2) is 34.8 Å². The smallest absolute Gasteiger partial charge is 0.239 e. The number of amides is 1. The number of methoxy groups -OCH3 is 1. The molecule has 2 aromatic rings. The van der Waals surface area contributed by atoms with E-state index in [0.29, 0.717) is 17.3 Å². The zero-order valence-corrected chi connectivity index (χ0v) is 17.4. The Bertz CT molecular complexity index is 910. The number of nitrogens with one attached hydrogen (secondary N) is 1. The Morgan fingerprint density at radius 2 is 1.97 bits per heavy atom. The highest BCUT2D eigenvalue weighted by atomic mass is 32.2. The topological polar surface area (TPSA) is 83.3 Å². The summed E-state index contributed by atoms with van der Waals surface area (Å²) < 4.78 is 5.07. The van der Waals surface area contributed by atoms with Crippen molar-refractivity contribution in [1.82, 2.24) is 5.32 Å². The first-order valence-electron chi connectivity index (χ1n) is 9.62. The van der Waals surface area contributed by atoms with Crippen LogP contribution in [0.1, 0.15) is 36.5 Å². The normalized spacial score (nSPS) is 17.8. The fourth-order valence-corrected chi connectivity index (χ4v) is 3.91. The Labute approximate surface area is 175 Å². The van der Waals surface area contributed by atoms with Crippen LogP contribution in [-0.2, 0) is 17.6 Å². The Hall–Kier alpha value is -2.80. The number of amidine groups is 1. The fraction of sp³-hybridized carbons (Fsp3) is 0.318. The van der Waals surface area contributed by atoms with E-state index in [4.69, 9.17) is 4.74 Å². The second-order valence-electron chi connectivity index (χ2n) is 6.80. The zero-order chi connectivity index (χ0) is 20.6. The largest absolute Gasteiger partial charge is 0.504 e. The van der Waals surface area contributed by atoms with Crippen LogP contribution in [0.3, 0.4) is 0 Å². The molecule has 3 rings (SSSR count). The molecule has 0 spiro atoms. The van der Waals surface area contributed by atoms with Gasteiger partial charge in [0.25, 0.3) is 0 Å². The average Bonchev–Trinajstić information content (AvgIpc) is 3.07. The summed E-state index contributed by atoms with van der Waals surface area (Å²) in [6.45, 7) is 2.19. The number of nitrogens with zero attached hydrogens (tertiary/aromatic N) is 2. The van der Waals surface area contributed by atoms with E-state index in [1.54, 1.807) is 18.3 Å². The van der Waals surface area contributed by atoms with Crippen molar-refractivity contribution in [1.29, 1.82) is 0 Å². The fourth-order valence-electron chi connectivity index (χ4n) is 2.95. The predicted molar refractivity (Wildman–Crippen MR) is 118 cm³/mol. The summed E-state index contributed by atoms with van der Waals surface area (Å²) in [5, 5.41) is 20.8. The van der Waals surface area contributed by atoms with Gasteiger partial charge in [0.1, 0.15) is 0 Å². The Balaban J connectivity index is 1.58. The SMILES string of the molecule is CCCCc1ccc(C[C@@H]2S/C(=N/N=C\c3ccc(O)c(OC)c3)NC2=O)cc1. The van der Waals surface area contributed by atoms with Crippen molar-refractivity contribution in [3.05, 3.63) is 59.2 Å². The lowest BCUT2D eigenvalue weighted by molar-refractivity contribution is -0.118. The van der Waals surface area contributed by atoms with Gasteiger partial charge in [0, 0.05) is 0 Å². The molecule has 0 unspecified atom stereocenters. The molecule has 0 aromatic heterocycles. The lowest BCUT2D eigenvalue weighted by Gasteiger charge is -2.06. The Morgan fingerprint density at radius 3 is 2.69 bits per heavy atom. The number of aromatic hydroxyl groups is 1. The minimum atomic E-state index is -0.209. The molecule has 1 aliphatic heterocycles. The van der Waals surface area contributed by atoms with Crippen LogP contribution in [0.25, 0.3) is 0 Å². The van der Waals surface area contributed by atoms with Gasteiger partial charge in [0.2, 0.25) is 5.91 Å². The molecule has 1 amide bonds. The number of thioether (sulfide) groups is 1. The Morgan fingerprint density at radius 1 is 1.21 bits per heavy atom. The standard InChI is InChI=1S/C22H25N3O3S/c1-3-4-5-15-6-8-16(9-7-15)13-20-21(27)24-22(29-20)25-23-14-17-10-11-18(26)19(12-17)28-2/h6-12,14,20,26H,3-5,13H2,1-2H3,(H,24,25,27)/b23-14-/t20-/m0/s1. The molecular weight excluding hydrogens is 386 g/mol. The lowest BCUT2D eigenvalue weighted by Crippen LogP contribution is -2.25. The minimum absolute atomic E-state index is 0.0506. The summed E-state index contributed by atoms with van der Waals surface area (Å²) in [7, 11) is 1.49. The lowest BCUT2D eigenvalue weighted by atomic mass is 10.0. The van der Waals surface area contributed by atoms with Gasteiger partial charge in [-0.15, -0.1) is 5.10 Å². The molecule has 2 N–H and O–H groups in total. The highest BCUT2D eigenvalue weighted by molar-refractivity contribution is 8.15. The third-order valence-electron chi connectivity index (χ3n) is 4.60. The number of benzene rings is 2. The number of unbranched alkanes of at least 4 members (excludes halogenated alkanes) is 1. The van der Waals surface area contributed by atoms with Crippen molar-refractivity contribution in [2.45, 2.75) is 37.9 Å². The van der Waals surface area contributed by atoms with Gasteiger partial charge in [-0.1, -0.05) is 49.4 Å². The van der Waals surface area contributed by atoms with Gasteiger partial charge in [-0.25, -0.2) is 0 Å². The molecule has 1 aliphatic rings. The molecule has 1 heterocycles. The molecule has 6 nitrogen and oxygen atoms in total. The maximum Gasteiger partial charge on any atom is 0.239 e. The van der Waals surface area contributed by atoms with Crippen LogP contribution in [0.15, 0.2) is 52.7 Å². The molecule has 0 saturated carbocycles. The molecule has 29 heavy (non-hydrogen) atoms. The number of carbonyl (C=O) groups excluding carboxylic acids is 1. The van der Waals surface area contributed by atoms with E-state index in [-0.39, 0.29) is 16.9 Å². The number of hydrogen-bond acceptors (Lipinski definition) is 6. The second kappa shape index (κ2) is 10.1. The predicted octanol–water partition coefficient (Wildman–Crippen LogP) is 3.91. The quantitative estimate of drug-likeness (QED) is 0.510. The van der Waals surface area contributed by atoms with Gasteiger partial charge >= 0.3 is 0 Å². The average molecular weight is 412 g/mol. The third-order valence-corrected chi connectivity index (χ3v) is 5.67. The summed E-state index contributed by atoms with van der Waals surface area (Å²) >= 11 is 1.39. The summed E-state index contributed by atoms with van der Waals surface area (Å²) in [5.74, 6) is 0.382. The third kappa shape index (κ3) is 5.84. The van der Waals surface area contributed by atoms with Crippen LogP contribution in [0.2, 0.25) is 0 Å². The van der Waals surface area contributed by atoms with Gasteiger partial charge in [-0.3, -0.25) is 4.79 Å². The van der Waals surface area contributed by atoms with E-state index in [0.717, 1.165) is 17.5 Å². The van der Waals surface area contributed by atoms with Crippen LogP contribution < -0.4 is 10.1 Å². The van der Waals surface area contributed by atoms with Crippen molar-refractivity contribution >= 4 is 29.1 Å². The summed E-state index contributed by atoms with van der Waals surface area (Å²) in [4.78, 5) is 12.2. The molecular formula is C22H25N3O3S. The van der Waals surface area contributed by atoms with Crippen molar-refractivity contribution in [2.75, 3.05) is 7.11 Å². The number of ether oxygens (including phenoxy) is 1. The van der Waals surface area contributed by atoms with Crippen molar-refractivity contribution in [3.8, 4) is 11.5 Å². The van der Waals surface area contributed by atoms with E-state index < -0.39 is 0 Å². The first-order chi connectivity index (χ1) is 14.1. The van der Waals surface area contributed by atoms with E-state index in [2.05, 4.69) is 46.7 Å². The molecule has 152 valence electrons. The minimum Gasteiger partial charge on any atom is -0.504 e. The molecule has 0 bridgehead atoms. The van der Waals surface area contributed by atoms with Crippen LogP contribution >= 0.6 is 11.8 Å². The van der Waals surface area contributed by atoms with Gasteiger partial charge in [0.15, 0.2) is 16.7 Å². The van der Waals surface area contributed by atoms with Crippen molar-refractivity contribution < 1.29 is 14.6 Å². The van der Waals surface area contributed by atoms with Gasteiger partial charge in [-0.2, -0.15) is 5.10 Å². The Kier molecular flexibility index (Phi) is 7.30. The number of hydrogen-bond donors (Lipinski definition) is 2. The molecule has 1 atom stereocenters. The molecule has 1 fully saturated rings. The van der Waals surface area contributed by atoms with Crippen molar-refractivity contribution in [3.63, 3.8) is 0 Å². The highest BCUT2D eigenvalue weighted by Gasteiger charge is 2.30. The van der Waals surface area contributed by atoms with Crippen LogP contribution in [0.5, 0.6) is 11.5 Å². The number of aryl methyl sites for hydroxylation is 1. The highest BCUT2D eigenvalue weighted by Crippen LogP contribution is 2.26. The molecule has 2 aromatic carbocycles. The summed E-state index contributed by atoms with van der Waals surface area (Å²) in [5.41, 5.74) is 3.21. The first kappa shape index (κ1) is 20.9. The molecule has 0 radical (unpaired) electrons. The van der Waals surface area contributed by atoms with Crippen molar-refractivity contribution in [2.24, 2.45) is 10.2 Å². The van der Waals surface area contributed by atoms with E-state index >= 15 is 0 Å². The zero-order valence-electron chi connectivity index (χ0n) is 16.6. The van der Waals surface area contributed by atoms with Gasteiger partial charge in [-0.05, 0) is 54.2 Å². The summed E-state index contributed by atoms with van der Waals surface area (Å²) in [6, 6.07) is 13.4. The van der Waals surface area contributed by atoms with Crippen LogP contribution in [0, 0.1) is 0 Å². The summed E-state index contributed by atoms with van der Waals surface area (Å²) in [6.07, 6.45) is 5.67. The van der Waals surface area contributed by atoms with Crippen LogP contribution in [0.4, 0.5) is 0 Å². The second-order valence-corrected chi connectivity index (χ2v) is 7.99. The number of carbonyl (C=O) groups is 1. The number of phenolic OH excluding ortho intramolecular Hbond substituents is 1. The molecule has 0 aliphatic carbocycles. The number of rotatable bonds is 8. The van der Waals surface area contributed by atoms with Gasteiger partial charge < -0.3 is 15.2 Å². The molecule has 7 heteroatoms. The maximum atomic E-state index is 12.2. The monoisotopic (exact) mass is 411 g/mol. The van der Waals surface area contributed by atoms with E-state index in [9.17, 15) is 9.90 Å². The van der Waals surface area contributed by atoms with E-state index in [1.165, 1.54) is 43.3 Å². The maximum absolute atomic E-state index is 12.2. The number of phenols is 1. The van der Waals surface area contributed by atoms with E-state index in [1.807, 2.05) is 0 Å². The molecule has 1 saturated heterocycles.